The Kier molecular flexibility index (Phi) is 4.22. The number of nitrogens with zero attached hydrogens (tertiary/aromatic N) is 8. The number of fused-ring (bicyclic) bond motifs is 1. The molecule has 0 radical (unpaired) electrons. The van der Waals surface area contributed by atoms with Crippen molar-refractivity contribution >= 4 is 5.95 Å². The van der Waals surface area contributed by atoms with Crippen LogP contribution in [0.5, 0.6) is 0 Å². The van der Waals surface area contributed by atoms with E-state index in [1.807, 2.05) is 18.2 Å². The van der Waals surface area contributed by atoms with Gasteiger partial charge in [-0.3, -0.25) is 9.55 Å². The maximum absolute atomic E-state index is 9.07. The molecule has 9 heteroatoms. The van der Waals surface area contributed by atoms with E-state index in [-0.39, 0.29) is 0 Å². The van der Waals surface area contributed by atoms with Gasteiger partial charge in [-0.05, 0) is 36.8 Å². The van der Waals surface area contributed by atoms with Gasteiger partial charge >= 0.3 is 0 Å². The Hall–Kier alpha value is -4.06. The molecule has 1 aromatic carbocycles. The molecule has 0 bridgehead atoms. The Bertz CT molecular complexity index is 1190. The van der Waals surface area contributed by atoms with Gasteiger partial charge in [-0.1, -0.05) is 11.2 Å². The van der Waals surface area contributed by atoms with Crippen molar-refractivity contribution in [3.05, 3.63) is 60.2 Å². The Labute approximate surface area is 166 Å². The van der Waals surface area contributed by atoms with Gasteiger partial charge in [-0.15, -0.1) is 10.2 Å². The molecule has 0 N–H and O–H groups in total. The molecule has 0 unspecified atom stereocenters. The summed E-state index contributed by atoms with van der Waals surface area (Å²) in [7, 11) is 0. The number of aromatic nitrogens is 6. The van der Waals surface area contributed by atoms with Crippen LogP contribution in [-0.2, 0) is 13.1 Å². The molecule has 1 aliphatic rings. The Morgan fingerprint density at radius 3 is 2.83 bits per heavy atom. The summed E-state index contributed by atoms with van der Waals surface area (Å²) in [5, 5.41) is 21.9. The molecule has 29 heavy (non-hydrogen) atoms. The van der Waals surface area contributed by atoms with Gasteiger partial charge in [0.25, 0.3) is 5.89 Å². The molecule has 0 atom stereocenters. The van der Waals surface area contributed by atoms with Crippen LogP contribution in [-0.4, -0.2) is 36.4 Å². The van der Waals surface area contributed by atoms with Crippen molar-refractivity contribution in [3.63, 3.8) is 0 Å². The van der Waals surface area contributed by atoms with E-state index in [2.05, 4.69) is 40.9 Å². The highest BCUT2D eigenvalue weighted by atomic mass is 16.5. The largest absolute Gasteiger partial charge is 0.334 e. The van der Waals surface area contributed by atoms with E-state index < -0.39 is 0 Å². The first-order valence-corrected chi connectivity index (χ1v) is 9.23. The predicted molar refractivity (Wildman–Crippen MR) is 103 cm³/mol. The molecule has 0 saturated carbocycles. The molecule has 9 nitrogen and oxygen atoms in total. The maximum atomic E-state index is 9.07. The lowest BCUT2D eigenvalue weighted by molar-refractivity contribution is 0.420. The van der Waals surface area contributed by atoms with Crippen molar-refractivity contribution in [2.75, 3.05) is 11.4 Å². The molecular formula is C20H16N8O. The second kappa shape index (κ2) is 7.16. The fourth-order valence-electron chi connectivity index (χ4n) is 3.45. The fraction of sp³-hybridized carbons (Fsp3) is 0.200. The Morgan fingerprint density at radius 1 is 1.07 bits per heavy atom. The number of rotatable bonds is 4. The molecule has 0 amide bonds. The second-order valence-corrected chi connectivity index (χ2v) is 6.69. The molecular weight excluding hydrogens is 368 g/mol. The average molecular weight is 384 g/mol. The SMILES string of the molecule is N#Cc1cccc(-c2nc(CN3CCCn4c(-c5ccncc5)nnc43)no2)c1. The first kappa shape index (κ1) is 17.1. The summed E-state index contributed by atoms with van der Waals surface area (Å²) in [6, 6.07) is 13.1. The number of pyridine rings is 1. The van der Waals surface area contributed by atoms with Crippen LogP contribution in [0.25, 0.3) is 22.8 Å². The molecule has 0 aliphatic carbocycles. The van der Waals surface area contributed by atoms with Gasteiger partial charge < -0.3 is 9.42 Å². The quantitative estimate of drug-likeness (QED) is 0.528. The van der Waals surface area contributed by atoms with E-state index in [4.69, 9.17) is 9.78 Å². The van der Waals surface area contributed by atoms with Crippen LogP contribution < -0.4 is 4.90 Å². The van der Waals surface area contributed by atoms with Gasteiger partial charge in [0.05, 0.1) is 18.2 Å². The fourth-order valence-corrected chi connectivity index (χ4v) is 3.45. The summed E-state index contributed by atoms with van der Waals surface area (Å²) in [4.78, 5) is 10.7. The van der Waals surface area contributed by atoms with Gasteiger partial charge in [0.2, 0.25) is 5.95 Å². The van der Waals surface area contributed by atoms with Crippen molar-refractivity contribution in [2.45, 2.75) is 19.5 Å². The molecule has 3 aromatic heterocycles. The van der Waals surface area contributed by atoms with Crippen molar-refractivity contribution in [1.82, 2.24) is 29.9 Å². The smallest absolute Gasteiger partial charge is 0.258 e. The van der Waals surface area contributed by atoms with Crippen LogP contribution >= 0.6 is 0 Å². The van der Waals surface area contributed by atoms with Crippen molar-refractivity contribution in [2.24, 2.45) is 0 Å². The van der Waals surface area contributed by atoms with Gasteiger partial charge in [0, 0.05) is 36.6 Å². The number of benzene rings is 1. The third-order valence-electron chi connectivity index (χ3n) is 4.80. The minimum absolute atomic E-state index is 0.396. The highest BCUT2D eigenvalue weighted by Crippen LogP contribution is 2.27. The average Bonchev–Trinajstić information content (AvgIpc) is 3.42. The summed E-state index contributed by atoms with van der Waals surface area (Å²) in [6.07, 6.45) is 4.47. The monoisotopic (exact) mass is 384 g/mol. The zero-order valence-corrected chi connectivity index (χ0v) is 15.4. The van der Waals surface area contributed by atoms with E-state index >= 15 is 0 Å². The van der Waals surface area contributed by atoms with Crippen LogP contribution in [0, 0.1) is 11.3 Å². The second-order valence-electron chi connectivity index (χ2n) is 6.69. The molecule has 4 heterocycles. The number of hydrogen-bond acceptors (Lipinski definition) is 8. The lowest BCUT2D eigenvalue weighted by Gasteiger charge is -2.27. The number of hydrogen-bond donors (Lipinski definition) is 0. The van der Waals surface area contributed by atoms with E-state index in [0.717, 1.165) is 42.4 Å². The molecule has 0 fully saturated rings. The maximum Gasteiger partial charge on any atom is 0.258 e. The zero-order chi connectivity index (χ0) is 19.6. The molecule has 142 valence electrons. The van der Waals surface area contributed by atoms with Crippen LogP contribution in [0.15, 0.2) is 53.3 Å². The minimum Gasteiger partial charge on any atom is -0.334 e. The molecule has 5 rings (SSSR count). The van der Waals surface area contributed by atoms with Gasteiger partial charge in [0.15, 0.2) is 11.6 Å². The summed E-state index contributed by atoms with van der Waals surface area (Å²) in [6.45, 7) is 2.16. The van der Waals surface area contributed by atoms with E-state index in [1.54, 1.807) is 30.6 Å². The summed E-state index contributed by atoms with van der Waals surface area (Å²) < 4.78 is 7.51. The zero-order valence-electron chi connectivity index (χ0n) is 15.4. The van der Waals surface area contributed by atoms with Crippen LogP contribution in [0.3, 0.4) is 0 Å². The van der Waals surface area contributed by atoms with Gasteiger partial charge in [0.1, 0.15) is 0 Å². The summed E-state index contributed by atoms with van der Waals surface area (Å²) in [5.74, 6) is 2.58. The topological polar surface area (TPSA) is 110 Å². The van der Waals surface area contributed by atoms with Crippen molar-refractivity contribution in [1.29, 1.82) is 5.26 Å². The van der Waals surface area contributed by atoms with E-state index in [9.17, 15) is 0 Å². The number of anilines is 1. The number of nitriles is 1. The Morgan fingerprint density at radius 2 is 1.97 bits per heavy atom. The lowest BCUT2D eigenvalue weighted by atomic mass is 10.1. The van der Waals surface area contributed by atoms with Crippen molar-refractivity contribution < 1.29 is 4.52 Å². The van der Waals surface area contributed by atoms with Crippen molar-refractivity contribution in [3.8, 4) is 28.9 Å². The summed E-state index contributed by atoms with van der Waals surface area (Å²) >= 11 is 0. The third kappa shape index (κ3) is 3.21. The van der Waals surface area contributed by atoms with E-state index in [0.29, 0.717) is 23.8 Å². The highest BCUT2D eigenvalue weighted by molar-refractivity contribution is 5.58. The van der Waals surface area contributed by atoms with Crippen LogP contribution in [0.2, 0.25) is 0 Å². The minimum atomic E-state index is 0.396. The first-order chi connectivity index (χ1) is 14.3. The molecule has 1 aliphatic heterocycles. The molecule has 0 spiro atoms. The van der Waals surface area contributed by atoms with Crippen LogP contribution in [0.1, 0.15) is 17.8 Å². The molecule has 0 saturated heterocycles. The predicted octanol–water partition coefficient (Wildman–Crippen LogP) is 2.67. The first-order valence-electron chi connectivity index (χ1n) is 9.23. The van der Waals surface area contributed by atoms with E-state index in [1.165, 1.54) is 0 Å². The van der Waals surface area contributed by atoms with Crippen LogP contribution in [0.4, 0.5) is 5.95 Å². The summed E-state index contributed by atoms with van der Waals surface area (Å²) in [5.41, 5.74) is 2.26. The Balaban J connectivity index is 1.40. The standard InChI is InChI=1S/C20H16N8O/c21-12-14-3-1-4-16(11-14)19-23-17(26-29-19)13-27-9-2-10-28-18(24-25-20(27)28)15-5-7-22-8-6-15/h1,3-8,11H,2,9-10,13H2. The molecule has 4 aromatic rings. The third-order valence-corrected chi connectivity index (χ3v) is 4.80. The normalized spacial score (nSPS) is 13.1. The highest BCUT2D eigenvalue weighted by Gasteiger charge is 2.24. The van der Waals surface area contributed by atoms with Gasteiger partial charge in [-0.2, -0.15) is 10.2 Å². The van der Waals surface area contributed by atoms with Gasteiger partial charge in [-0.25, -0.2) is 0 Å². The lowest BCUT2D eigenvalue weighted by Crippen LogP contribution is -2.32.